The highest BCUT2D eigenvalue weighted by atomic mass is 127. The first kappa shape index (κ1) is 12.7. The summed E-state index contributed by atoms with van der Waals surface area (Å²) in [5.74, 6) is -0.319. The van der Waals surface area contributed by atoms with Crippen molar-refractivity contribution in [1.82, 2.24) is 4.90 Å². The number of nitrogens with zero attached hydrogens (tertiary/aromatic N) is 1. The van der Waals surface area contributed by atoms with Gasteiger partial charge in [-0.25, -0.2) is 0 Å². The molecule has 0 unspecified atom stereocenters. The van der Waals surface area contributed by atoms with Crippen LogP contribution in [0, 0.1) is 3.57 Å². The fourth-order valence-electron chi connectivity index (χ4n) is 1.58. The summed E-state index contributed by atoms with van der Waals surface area (Å²) in [6.07, 6.45) is -3.49. The third-order valence-corrected chi connectivity index (χ3v) is 3.24. The fraction of sp³-hybridized carbons (Fsp3) is 0.364. The van der Waals surface area contributed by atoms with E-state index in [-0.39, 0.29) is 11.5 Å². The molecule has 2 rings (SSSR count). The van der Waals surface area contributed by atoms with E-state index < -0.39 is 11.7 Å². The van der Waals surface area contributed by atoms with E-state index in [9.17, 15) is 18.0 Å². The standard InChI is InChI=1S/C11H9F3INO/c12-11(13,14)8-4-7(5-9(15)6-8)10(17)16-2-1-3-16/h4-6H,1-3H2. The van der Waals surface area contributed by atoms with Crippen LogP contribution in [0.25, 0.3) is 0 Å². The third-order valence-electron chi connectivity index (χ3n) is 2.62. The predicted octanol–water partition coefficient (Wildman–Crippen LogP) is 3.16. The lowest BCUT2D eigenvalue weighted by molar-refractivity contribution is -0.137. The van der Waals surface area contributed by atoms with Gasteiger partial charge in [0.15, 0.2) is 0 Å². The molecule has 2 nitrogen and oxygen atoms in total. The Balaban J connectivity index is 2.34. The lowest BCUT2D eigenvalue weighted by atomic mass is 10.1. The Bertz CT molecular complexity index is 455. The fourth-order valence-corrected chi connectivity index (χ4v) is 2.25. The number of likely N-dealkylation sites (tertiary alicyclic amines) is 1. The first-order chi connectivity index (χ1) is 7.88. The number of carbonyl (C=O) groups excluding carboxylic acids is 1. The molecular weight excluding hydrogens is 346 g/mol. The van der Waals surface area contributed by atoms with Gasteiger partial charge in [-0.3, -0.25) is 4.79 Å². The van der Waals surface area contributed by atoms with Crippen molar-refractivity contribution in [2.24, 2.45) is 0 Å². The highest BCUT2D eigenvalue weighted by molar-refractivity contribution is 14.1. The Kier molecular flexibility index (Phi) is 3.33. The number of rotatable bonds is 1. The highest BCUT2D eigenvalue weighted by Gasteiger charge is 2.32. The van der Waals surface area contributed by atoms with Crippen LogP contribution in [-0.4, -0.2) is 23.9 Å². The molecular formula is C11H9F3INO. The Morgan fingerprint density at radius 3 is 2.35 bits per heavy atom. The molecule has 1 heterocycles. The average molecular weight is 355 g/mol. The topological polar surface area (TPSA) is 20.3 Å². The van der Waals surface area contributed by atoms with E-state index in [4.69, 9.17) is 0 Å². The molecule has 0 bridgehead atoms. The van der Waals surface area contributed by atoms with E-state index >= 15 is 0 Å². The molecule has 6 heteroatoms. The maximum absolute atomic E-state index is 12.6. The maximum atomic E-state index is 12.6. The van der Waals surface area contributed by atoms with Crippen LogP contribution in [0.15, 0.2) is 18.2 Å². The molecule has 1 aromatic rings. The maximum Gasteiger partial charge on any atom is 0.416 e. The largest absolute Gasteiger partial charge is 0.416 e. The summed E-state index contributed by atoms with van der Waals surface area (Å²) in [5, 5.41) is 0. The van der Waals surface area contributed by atoms with Gasteiger partial charge in [-0.2, -0.15) is 13.2 Å². The van der Waals surface area contributed by atoms with E-state index in [1.54, 1.807) is 27.5 Å². The van der Waals surface area contributed by atoms with Crippen molar-refractivity contribution in [3.05, 3.63) is 32.9 Å². The molecule has 1 amide bonds. The number of carbonyl (C=O) groups is 1. The normalized spacial score (nSPS) is 15.6. The molecule has 1 fully saturated rings. The molecule has 0 spiro atoms. The summed E-state index contributed by atoms with van der Waals surface area (Å²) >= 11 is 1.79. The zero-order valence-corrected chi connectivity index (χ0v) is 10.9. The molecule has 1 saturated heterocycles. The van der Waals surface area contributed by atoms with Gasteiger partial charge < -0.3 is 4.90 Å². The van der Waals surface area contributed by atoms with Crippen LogP contribution >= 0.6 is 22.6 Å². The Hall–Kier alpha value is -0.790. The molecule has 17 heavy (non-hydrogen) atoms. The van der Waals surface area contributed by atoms with Crippen molar-refractivity contribution in [3.8, 4) is 0 Å². The lowest BCUT2D eigenvalue weighted by Gasteiger charge is -2.31. The Labute approximate surface area is 110 Å². The molecule has 0 aliphatic carbocycles. The molecule has 0 atom stereocenters. The average Bonchev–Trinajstić information content (AvgIpc) is 2.12. The summed E-state index contributed by atoms with van der Waals surface area (Å²) in [4.78, 5) is 13.4. The van der Waals surface area contributed by atoms with Gasteiger partial charge in [0.05, 0.1) is 5.56 Å². The minimum atomic E-state index is -4.41. The first-order valence-electron chi connectivity index (χ1n) is 5.05. The number of alkyl halides is 3. The number of halogens is 4. The second kappa shape index (κ2) is 4.47. The van der Waals surface area contributed by atoms with E-state index in [0.717, 1.165) is 18.6 Å². The number of hydrogen-bond donors (Lipinski definition) is 0. The SMILES string of the molecule is O=C(c1cc(I)cc(C(F)(F)F)c1)N1CCC1. The van der Waals surface area contributed by atoms with Gasteiger partial charge >= 0.3 is 6.18 Å². The lowest BCUT2D eigenvalue weighted by Crippen LogP contribution is -2.42. The van der Waals surface area contributed by atoms with Crippen molar-refractivity contribution < 1.29 is 18.0 Å². The minimum absolute atomic E-state index is 0.115. The minimum Gasteiger partial charge on any atom is -0.339 e. The van der Waals surface area contributed by atoms with Crippen LogP contribution < -0.4 is 0 Å². The van der Waals surface area contributed by atoms with Crippen LogP contribution in [0.1, 0.15) is 22.3 Å². The zero-order chi connectivity index (χ0) is 12.6. The van der Waals surface area contributed by atoms with E-state index in [1.807, 2.05) is 0 Å². The summed E-state index contributed by atoms with van der Waals surface area (Å²) < 4.78 is 38.2. The van der Waals surface area contributed by atoms with Gasteiger partial charge in [0.25, 0.3) is 5.91 Å². The number of amides is 1. The van der Waals surface area contributed by atoms with Crippen molar-refractivity contribution in [2.45, 2.75) is 12.6 Å². The number of hydrogen-bond acceptors (Lipinski definition) is 1. The van der Waals surface area contributed by atoms with Gasteiger partial charge in [0.2, 0.25) is 0 Å². The van der Waals surface area contributed by atoms with E-state index in [1.165, 1.54) is 6.07 Å². The van der Waals surface area contributed by atoms with Gasteiger partial charge in [-0.05, 0) is 47.2 Å². The molecule has 92 valence electrons. The Morgan fingerprint density at radius 1 is 1.24 bits per heavy atom. The summed E-state index contributed by atoms with van der Waals surface area (Å²) in [6, 6.07) is 3.44. The molecule has 1 aliphatic rings. The van der Waals surface area contributed by atoms with E-state index in [0.29, 0.717) is 16.7 Å². The highest BCUT2D eigenvalue weighted by Crippen LogP contribution is 2.31. The number of benzene rings is 1. The molecule has 0 N–H and O–H groups in total. The third kappa shape index (κ3) is 2.72. The van der Waals surface area contributed by atoms with Crippen molar-refractivity contribution >= 4 is 28.5 Å². The first-order valence-corrected chi connectivity index (χ1v) is 6.13. The molecule has 1 aliphatic heterocycles. The quantitative estimate of drug-likeness (QED) is 0.709. The Morgan fingerprint density at radius 2 is 1.88 bits per heavy atom. The van der Waals surface area contributed by atoms with Crippen LogP contribution in [0.5, 0.6) is 0 Å². The van der Waals surface area contributed by atoms with Gasteiger partial charge in [0, 0.05) is 22.2 Å². The second-order valence-electron chi connectivity index (χ2n) is 3.87. The van der Waals surface area contributed by atoms with Crippen LogP contribution in [-0.2, 0) is 6.18 Å². The smallest absolute Gasteiger partial charge is 0.339 e. The summed E-state index contributed by atoms with van der Waals surface area (Å²) in [5.41, 5.74) is -0.655. The second-order valence-corrected chi connectivity index (χ2v) is 5.12. The van der Waals surface area contributed by atoms with Crippen LogP contribution in [0.4, 0.5) is 13.2 Å². The summed E-state index contributed by atoms with van der Waals surface area (Å²) in [6.45, 7) is 1.26. The van der Waals surface area contributed by atoms with Crippen LogP contribution in [0.3, 0.4) is 0 Å². The van der Waals surface area contributed by atoms with Crippen molar-refractivity contribution in [1.29, 1.82) is 0 Å². The van der Waals surface area contributed by atoms with Crippen LogP contribution in [0.2, 0.25) is 0 Å². The molecule has 0 radical (unpaired) electrons. The molecule has 1 aromatic carbocycles. The molecule has 0 aromatic heterocycles. The van der Waals surface area contributed by atoms with Gasteiger partial charge in [-0.1, -0.05) is 0 Å². The van der Waals surface area contributed by atoms with Crippen molar-refractivity contribution in [2.75, 3.05) is 13.1 Å². The summed E-state index contributed by atoms with van der Waals surface area (Å²) in [7, 11) is 0. The van der Waals surface area contributed by atoms with Gasteiger partial charge in [0.1, 0.15) is 0 Å². The predicted molar refractivity (Wildman–Crippen MR) is 64.7 cm³/mol. The van der Waals surface area contributed by atoms with Crippen molar-refractivity contribution in [3.63, 3.8) is 0 Å². The molecule has 0 saturated carbocycles. The van der Waals surface area contributed by atoms with Gasteiger partial charge in [-0.15, -0.1) is 0 Å². The van der Waals surface area contributed by atoms with E-state index in [2.05, 4.69) is 0 Å². The monoisotopic (exact) mass is 355 g/mol. The zero-order valence-electron chi connectivity index (χ0n) is 8.72.